The molecule has 1 fully saturated rings. The lowest BCUT2D eigenvalue weighted by atomic mass is 9.88. The molecule has 3 rings (SSSR count). The summed E-state index contributed by atoms with van der Waals surface area (Å²) in [6.07, 6.45) is 3.31. The fourth-order valence-corrected chi connectivity index (χ4v) is 2.78. The van der Waals surface area contributed by atoms with E-state index in [4.69, 9.17) is 14.2 Å². The van der Waals surface area contributed by atoms with E-state index >= 15 is 0 Å². The Bertz CT molecular complexity index is 421. The van der Waals surface area contributed by atoms with Gasteiger partial charge in [0.2, 0.25) is 0 Å². The maximum atomic E-state index is 5.78. The smallest absolute Gasteiger partial charge is 0.161 e. The van der Waals surface area contributed by atoms with Crippen LogP contribution < -0.4 is 9.47 Å². The third-order valence-electron chi connectivity index (χ3n) is 3.78. The second-order valence-electron chi connectivity index (χ2n) is 4.46. The van der Waals surface area contributed by atoms with Crippen molar-refractivity contribution in [3.05, 3.63) is 23.3 Å². The van der Waals surface area contributed by atoms with Gasteiger partial charge < -0.3 is 14.2 Å². The minimum atomic E-state index is -0.00507. The van der Waals surface area contributed by atoms with Crippen LogP contribution in [0.4, 0.5) is 0 Å². The maximum Gasteiger partial charge on any atom is 0.161 e. The summed E-state index contributed by atoms with van der Waals surface area (Å²) >= 11 is 0. The fraction of sp³-hybridized carbons (Fsp3) is 0.538. The van der Waals surface area contributed by atoms with Crippen molar-refractivity contribution in [1.29, 1.82) is 0 Å². The SMILES string of the molecule is COc1cc2c(cc1OC)C1(CCO1)CC2. The minimum Gasteiger partial charge on any atom is -0.493 e. The zero-order valence-corrected chi connectivity index (χ0v) is 9.71. The number of rotatable bonds is 2. The molecular weight excluding hydrogens is 204 g/mol. The van der Waals surface area contributed by atoms with E-state index in [1.807, 2.05) is 0 Å². The van der Waals surface area contributed by atoms with Crippen molar-refractivity contribution in [1.82, 2.24) is 0 Å². The first-order valence-electron chi connectivity index (χ1n) is 5.68. The van der Waals surface area contributed by atoms with Gasteiger partial charge in [0.05, 0.1) is 26.4 Å². The molecule has 0 aromatic heterocycles. The molecule has 1 aliphatic heterocycles. The molecule has 1 unspecified atom stereocenters. The van der Waals surface area contributed by atoms with Gasteiger partial charge in [0.25, 0.3) is 0 Å². The third-order valence-corrected chi connectivity index (χ3v) is 3.78. The number of ether oxygens (including phenoxy) is 3. The number of aryl methyl sites for hydroxylation is 1. The highest BCUT2D eigenvalue weighted by Crippen LogP contribution is 2.50. The number of hydrogen-bond acceptors (Lipinski definition) is 3. The summed E-state index contributed by atoms with van der Waals surface area (Å²) in [5.74, 6) is 1.62. The lowest BCUT2D eigenvalue weighted by Gasteiger charge is -2.39. The van der Waals surface area contributed by atoms with Crippen LogP contribution in [0.15, 0.2) is 12.1 Å². The Morgan fingerprint density at radius 1 is 1.12 bits per heavy atom. The van der Waals surface area contributed by atoms with Crippen LogP contribution in [0, 0.1) is 0 Å². The molecule has 1 atom stereocenters. The molecule has 1 saturated heterocycles. The zero-order valence-electron chi connectivity index (χ0n) is 9.71. The van der Waals surface area contributed by atoms with Crippen LogP contribution in [0.5, 0.6) is 11.5 Å². The zero-order chi connectivity index (χ0) is 11.2. The molecule has 0 bridgehead atoms. The Labute approximate surface area is 95.3 Å². The first-order valence-corrected chi connectivity index (χ1v) is 5.68. The van der Waals surface area contributed by atoms with Crippen molar-refractivity contribution in [2.45, 2.75) is 24.9 Å². The molecule has 1 spiro atoms. The van der Waals surface area contributed by atoms with Gasteiger partial charge in [0, 0.05) is 6.42 Å². The van der Waals surface area contributed by atoms with Crippen LogP contribution in [0.25, 0.3) is 0 Å². The summed E-state index contributed by atoms with van der Waals surface area (Å²) < 4.78 is 16.4. The normalized spacial score (nSPS) is 26.4. The summed E-state index contributed by atoms with van der Waals surface area (Å²) in [4.78, 5) is 0. The van der Waals surface area contributed by atoms with Crippen LogP contribution in [0.1, 0.15) is 24.0 Å². The quantitative estimate of drug-likeness (QED) is 0.765. The lowest BCUT2D eigenvalue weighted by Crippen LogP contribution is -2.38. The molecule has 0 N–H and O–H groups in total. The Hall–Kier alpha value is -1.22. The number of methoxy groups -OCH3 is 2. The second kappa shape index (κ2) is 3.39. The standard InChI is InChI=1S/C13H16O3/c1-14-11-7-9-3-4-13(5-6-16-13)10(9)8-12(11)15-2/h7-8H,3-6H2,1-2H3. The highest BCUT2D eigenvalue weighted by atomic mass is 16.5. The molecule has 0 amide bonds. The van der Waals surface area contributed by atoms with Gasteiger partial charge in [-0.3, -0.25) is 0 Å². The second-order valence-corrected chi connectivity index (χ2v) is 4.46. The van der Waals surface area contributed by atoms with E-state index in [-0.39, 0.29) is 5.60 Å². The van der Waals surface area contributed by atoms with E-state index in [1.54, 1.807) is 14.2 Å². The van der Waals surface area contributed by atoms with Crippen molar-refractivity contribution < 1.29 is 14.2 Å². The van der Waals surface area contributed by atoms with E-state index in [1.165, 1.54) is 11.1 Å². The first-order chi connectivity index (χ1) is 7.79. The Kier molecular flexibility index (Phi) is 2.11. The molecular formula is C13H16O3. The summed E-state index contributed by atoms with van der Waals surface area (Å²) in [6, 6.07) is 4.17. The van der Waals surface area contributed by atoms with Crippen molar-refractivity contribution >= 4 is 0 Å². The van der Waals surface area contributed by atoms with Crippen molar-refractivity contribution in [2.75, 3.05) is 20.8 Å². The largest absolute Gasteiger partial charge is 0.493 e. The van der Waals surface area contributed by atoms with E-state index in [2.05, 4.69) is 12.1 Å². The van der Waals surface area contributed by atoms with Crippen LogP contribution in [-0.2, 0) is 16.8 Å². The van der Waals surface area contributed by atoms with Crippen molar-refractivity contribution in [3.63, 3.8) is 0 Å². The van der Waals surface area contributed by atoms with Gasteiger partial charge >= 0.3 is 0 Å². The van der Waals surface area contributed by atoms with Crippen LogP contribution in [0.2, 0.25) is 0 Å². The van der Waals surface area contributed by atoms with Crippen LogP contribution in [-0.4, -0.2) is 20.8 Å². The molecule has 3 heteroatoms. The molecule has 0 saturated carbocycles. The van der Waals surface area contributed by atoms with Gasteiger partial charge in [-0.1, -0.05) is 0 Å². The Balaban J connectivity index is 2.09. The maximum absolute atomic E-state index is 5.78. The molecule has 0 radical (unpaired) electrons. The van der Waals surface area contributed by atoms with E-state index in [0.717, 1.165) is 37.4 Å². The molecule has 1 aromatic carbocycles. The number of fused-ring (bicyclic) bond motifs is 2. The number of benzene rings is 1. The van der Waals surface area contributed by atoms with Gasteiger partial charge in [0.1, 0.15) is 0 Å². The van der Waals surface area contributed by atoms with Crippen LogP contribution >= 0.6 is 0 Å². The number of hydrogen-bond donors (Lipinski definition) is 0. The minimum absolute atomic E-state index is 0.00507. The van der Waals surface area contributed by atoms with Crippen molar-refractivity contribution in [2.24, 2.45) is 0 Å². The predicted molar refractivity (Wildman–Crippen MR) is 60.1 cm³/mol. The van der Waals surface area contributed by atoms with Gasteiger partial charge in [-0.25, -0.2) is 0 Å². The predicted octanol–water partition coefficient (Wildman–Crippen LogP) is 2.27. The Morgan fingerprint density at radius 2 is 1.81 bits per heavy atom. The summed E-state index contributed by atoms with van der Waals surface area (Å²) in [5.41, 5.74) is 2.64. The molecule has 1 aliphatic carbocycles. The molecule has 1 aromatic rings. The lowest BCUT2D eigenvalue weighted by molar-refractivity contribution is -0.152. The summed E-state index contributed by atoms with van der Waals surface area (Å²) in [7, 11) is 3.35. The molecule has 16 heavy (non-hydrogen) atoms. The highest BCUT2D eigenvalue weighted by molar-refractivity contribution is 5.52. The molecule has 86 valence electrons. The summed E-state index contributed by atoms with van der Waals surface area (Å²) in [5, 5.41) is 0. The van der Waals surface area contributed by atoms with E-state index in [0.29, 0.717) is 0 Å². The third kappa shape index (κ3) is 1.18. The average Bonchev–Trinajstić information content (AvgIpc) is 2.65. The topological polar surface area (TPSA) is 27.7 Å². The monoisotopic (exact) mass is 220 g/mol. The molecule has 2 aliphatic rings. The van der Waals surface area contributed by atoms with Gasteiger partial charge in [-0.15, -0.1) is 0 Å². The summed E-state index contributed by atoms with van der Waals surface area (Å²) in [6.45, 7) is 0.883. The van der Waals surface area contributed by atoms with Crippen molar-refractivity contribution in [3.8, 4) is 11.5 Å². The van der Waals surface area contributed by atoms with E-state index in [9.17, 15) is 0 Å². The Morgan fingerprint density at radius 3 is 2.38 bits per heavy atom. The first kappa shape index (κ1) is 9.97. The average molecular weight is 220 g/mol. The molecule has 1 heterocycles. The van der Waals surface area contributed by atoms with Crippen LogP contribution in [0.3, 0.4) is 0 Å². The molecule has 3 nitrogen and oxygen atoms in total. The highest BCUT2D eigenvalue weighted by Gasteiger charge is 2.45. The van der Waals surface area contributed by atoms with Gasteiger partial charge in [0.15, 0.2) is 11.5 Å². The van der Waals surface area contributed by atoms with Gasteiger partial charge in [-0.05, 0) is 36.1 Å². The van der Waals surface area contributed by atoms with E-state index < -0.39 is 0 Å². The van der Waals surface area contributed by atoms with Gasteiger partial charge in [-0.2, -0.15) is 0 Å². The fourth-order valence-electron chi connectivity index (χ4n) is 2.78.